The second-order valence-electron chi connectivity index (χ2n) is 7.35. The summed E-state index contributed by atoms with van der Waals surface area (Å²) in [6.45, 7) is 6.88. The van der Waals surface area contributed by atoms with Crippen LogP contribution in [0.2, 0.25) is 0 Å². The molecule has 2 heterocycles. The number of unbranched alkanes of at least 4 members (excludes halogenated alkanes) is 1. The topological polar surface area (TPSA) is 40.1 Å². The van der Waals surface area contributed by atoms with E-state index in [0.29, 0.717) is 6.10 Å². The van der Waals surface area contributed by atoms with E-state index in [0.717, 1.165) is 44.2 Å². The highest BCUT2D eigenvalue weighted by Gasteiger charge is 2.22. The van der Waals surface area contributed by atoms with Gasteiger partial charge in [0.15, 0.2) is 5.96 Å². The molecular weight excluding hydrogens is 324 g/mol. The highest BCUT2D eigenvalue weighted by molar-refractivity contribution is 5.79. The van der Waals surface area contributed by atoms with E-state index in [1.54, 1.807) is 0 Å². The van der Waals surface area contributed by atoms with Crippen LogP contribution in [0, 0.1) is 0 Å². The number of nitrogens with zero attached hydrogens (tertiary/aromatic N) is 3. The van der Waals surface area contributed by atoms with Crippen LogP contribution < -0.4 is 10.1 Å². The zero-order valence-corrected chi connectivity index (χ0v) is 16.2. The van der Waals surface area contributed by atoms with Gasteiger partial charge in [-0.05, 0) is 57.5 Å². The van der Waals surface area contributed by atoms with Crippen LogP contribution in [0.25, 0.3) is 0 Å². The van der Waals surface area contributed by atoms with Crippen molar-refractivity contribution in [1.82, 2.24) is 15.1 Å². The van der Waals surface area contributed by atoms with Crippen molar-refractivity contribution in [2.45, 2.75) is 44.6 Å². The lowest BCUT2D eigenvalue weighted by atomic mass is 10.1. The molecule has 1 aromatic carbocycles. The number of aliphatic imine (C=N–C) groups is 1. The average molecular weight is 359 g/mol. The van der Waals surface area contributed by atoms with Gasteiger partial charge in [0.05, 0.1) is 0 Å². The number of hydrogen-bond donors (Lipinski definition) is 1. The van der Waals surface area contributed by atoms with Crippen LogP contribution in [0.1, 0.15) is 38.5 Å². The minimum Gasteiger partial charge on any atom is -0.490 e. The van der Waals surface area contributed by atoms with Crippen LogP contribution in [-0.4, -0.2) is 68.2 Å². The Bertz CT molecular complexity index is 534. The smallest absolute Gasteiger partial charge is 0.193 e. The molecule has 0 unspecified atom stereocenters. The molecule has 144 valence electrons. The minimum absolute atomic E-state index is 0.312. The number of ether oxygens (including phenoxy) is 1. The van der Waals surface area contributed by atoms with Gasteiger partial charge in [-0.15, -0.1) is 0 Å². The predicted octanol–water partition coefficient (Wildman–Crippen LogP) is 2.98. The van der Waals surface area contributed by atoms with E-state index in [2.05, 4.69) is 20.1 Å². The molecule has 2 saturated heterocycles. The molecule has 0 bridgehead atoms. The first-order valence-corrected chi connectivity index (χ1v) is 10.2. The van der Waals surface area contributed by atoms with Crippen LogP contribution in [0.3, 0.4) is 0 Å². The maximum absolute atomic E-state index is 6.09. The summed E-state index contributed by atoms with van der Waals surface area (Å²) in [5.41, 5.74) is 0. The molecule has 2 aliphatic heterocycles. The number of guanidine groups is 1. The molecular formula is C21H34N4O. The standard InChI is InChI=1S/C21H34N4O/c1-22-21(23-13-5-6-14-24-15-7-8-16-24)25-17-11-20(12-18-25)26-19-9-3-2-4-10-19/h2-4,9-10,20H,5-8,11-18H2,1H3,(H,22,23). The van der Waals surface area contributed by atoms with Crippen molar-refractivity contribution in [3.8, 4) is 5.75 Å². The second kappa shape index (κ2) is 10.4. The third-order valence-corrected chi connectivity index (χ3v) is 5.38. The highest BCUT2D eigenvalue weighted by Crippen LogP contribution is 2.18. The molecule has 1 aromatic rings. The first-order valence-electron chi connectivity index (χ1n) is 10.2. The molecule has 2 aliphatic rings. The number of hydrogen-bond acceptors (Lipinski definition) is 3. The number of para-hydroxylation sites is 1. The van der Waals surface area contributed by atoms with Crippen molar-refractivity contribution in [2.75, 3.05) is 46.3 Å². The molecule has 0 atom stereocenters. The summed E-state index contributed by atoms with van der Waals surface area (Å²) in [4.78, 5) is 9.43. The van der Waals surface area contributed by atoms with Gasteiger partial charge in [0.25, 0.3) is 0 Å². The fourth-order valence-corrected chi connectivity index (χ4v) is 3.88. The minimum atomic E-state index is 0.312. The number of likely N-dealkylation sites (tertiary alicyclic amines) is 2. The Hall–Kier alpha value is -1.75. The Kier molecular flexibility index (Phi) is 7.62. The van der Waals surface area contributed by atoms with Crippen molar-refractivity contribution in [1.29, 1.82) is 0 Å². The summed E-state index contributed by atoms with van der Waals surface area (Å²) in [5, 5.41) is 3.55. The van der Waals surface area contributed by atoms with Gasteiger partial charge < -0.3 is 19.9 Å². The zero-order chi connectivity index (χ0) is 18.0. The van der Waals surface area contributed by atoms with Crippen LogP contribution in [0.15, 0.2) is 35.3 Å². The largest absolute Gasteiger partial charge is 0.490 e. The quantitative estimate of drug-likeness (QED) is 0.462. The van der Waals surface area contributed by atoms with Gasteiger partial charge in [0.1, 0.15) is 11.9 Å². The number of piperidine rings is 1. The molecule has 3 rings (SSSR count). The van der Waals surface area contributed by atoms with Gasteiger partial charge in [-0.3, -0.25) is 4.99 Å². The summed E-state index contributed by atoms with van der Waals surface area (Å²) in [7, 11) is 1.89. The Morgan fingerprint density at radius 2 is 1.81 bits per heavy atom. The van der Waals surface area contributed by atoms with Crippen LogP contribution in [0.4, 0.5) is 0 Å². The lowest BCUT2D eigenvalue weighted by Crippen LogP contribution is -2.47. The molecule has 0 saturated carbocycles. The van der Waals surface area contributed by atoms with E-state index in [1.165, 1.54) is 45.3 Å². The summed E-state index contributed by atoms with van der Waals surface area (Å²) in [6, 6.07) is 10.2. The Balaban J connectivity index is 1.31. The molecule has 0 spiro atoms. The van der Waals surface area contributed by atoms with Gasteiger partial charge in [-0.2, -0.15) is 0 Å². The SMILES string of the molecule is CN=C(NCCCCN1CCCC1)N1CCC(Oc2ccccc2)CC1. The number of benzene rings is 1. The van der Waals surface area contributed by atoms with E-state index in [9.17, 15) is 0 Å². The van der Waals surface area contributed by atoms with Gasteiger partial charge >= 0.3 is 0 Å². The highest BCUT2D eigenvalue weighted by atomic mass is 16.5. The van der Waals surface area contributed by atoms with Crippen molar-refractivity contribution in [2.24, 2.45) is 4.99 Å². The molecule has 1 N–H and O–H groups in total. The fourth-order valence-electron chi connectivity index (χ4n) is 3.88. The van der Waals surface area contributed by atoms with Gasteiger partial charge in [-0.25, -0.2) is 0 Å². The number of nitrogens with one attached hydrogen (secondary N) is 1. The lowest BCUT2D eigenvalue weighted by Gasteiger charge is -2.34. The monoisotopic (exact) mass is 358 g/mol. The fraction of sp³-hybridized carbons (Fsp3) is 0.667. The predicted molar refractivity (Wildman–Crippen MR) is 108 cm³/mol. The maximum atomic E-state index is 6.09. The van der Waals surface area contributed by atoms with Crippen molar-refractivity contribution >= 4 is 5.96 Å². The first kappa shape index (κ1) is 19.0. The van der Waals surface area contributed by atoms with Crippen molar-refractivity contribution in [3.05, 3.63) is 30.3 Å². The van der Waals surface area contributed by atoms with Crippen molar-refractivity contribution < 1.29 is 4.74 Å². The third-order valence-electron chi connectivity index (χ3n) is 5.38. The molecule has 0 aliphatic carbocycles. The Morgan fingerprint density at radius 3 is 2.50 bits per heavy atom. The molecule has 5 heteroatoms. The summed E-state index contributed by atoms with van der Waals surface area (Å²) < 4.78 is 6.09. The molecule has 0 amide bonds. The molecule has 0 radical (unpaired) electrons. The third kappa shape index (κ3) is 5.90. The number of rotatable bonds is 7. The normalized spacial score (nSPS) is 19.7. The average Bonchev–Trinajstić information content (AvgIpc) is 3.20. The van der Waals surface area contributed by atoms with Gasteiger partial charge in [-0.1, -0.05) is 18.2 Å². The van der Waals surface area contributed by atoms with Crippen LogP contribution >= 0.6 is 0 Å². The molecule has 0 aromatic heterocycles. The van der Waals surface area contributed by atoms with Crippen LogP contribution in [-0.2, 0) is 0 Å². The van der Waals surface area contributed by atoms with Crippen LogP contribution in [0.5, 0.6) is 5.75 Å². The lowest BCUT2D eigenvalue weighted by molar-refractivity contribution is 0.129. The summed E-state index contributed by atoms with van der Waals surface area (Å²) in [5.74, 6) is 2.02. The maximum Gasteiger partial charge on any atom is 0.193 e. The Labute approximate surface area is 158 Å². The van der Waals surface area contributed by atoms with E-state index in [1.807, 2.05) is 37.4 Å². The molecule has 2 fully saturated rings. The van der Waals surface area contributed by atoms with E-state index in [-0.39, 0.29) is 0 Å². The Morgan fingerprint density at radius 1 is 1.08 bits per heavy atom. The van der Waals surface area contributed by atoms with Gasteiger partial charge in [0, 0.05) is 39.5 Å². The first-order chi connectivity index (χ1) is 12.8. The van der Waals surface area contributed by atoms with E-state index in [4.69, 9.17) is 4.74 Å². The summed E-state index contributed by atoms with van der Waals surface area (Å²) >= 11 is 0. The van der Waals surface area contributed by atoms with Crippen molar-refractivity contribution in [3.63, 3.8) is 0 Å². The molecule has 26 heavy (non-hydrogen) atoms. The zero-order valence-electron chi connectivity index (χ0n) is 16.2. The van der Waals surface area contributed by atoms with E-state index >= 15 is 0 Å². The second-order valence-corrected chi connectivity index (χ2v) is 7.35. The summed E-state index contributed by atoms with van der Waals surface area (Å²) in [6.07, 6.45) is 7.66. The van der Waals surface area contributed by atoms with Gasteiger partial charge in [0.2, 0.25) is 0 Å². The molecule has 5 nitrogen and oxygen atoms in total. The van der Waals surface area contributed by atoms with E-state index < -0.39 is 0 Å².